The van der Waals surface area contributed by atoms with Gasteiger partial charge in [-0.2, -0.15) is 4.68 Å². The summed E-state index contributed by atoms with van der Waals surface area (Å²) < 4.78 is 31.0. The summed E-state index contributed by atoms with van der Waals surface area (Å²) in [7, 11) is 0. The number of thioether (sulfide) groups is 1. The molecule has 2 aliphatic rings. The van der Waals surface area contributed by atoms with Crippen LogP contribution in [0.15, 0.2) is 44.8 Å². The normalized spacial score (nSPS) is 17.9. The van der Waals surface area contributed by atoms with Crippen LogP contribution in [0.1, 0.15) is 23.2 Å². The second-order valence-electron chi connectivity index (χ2n) is 7.80. The van der Waals surface area contributed by atoms with Crippen molar-refractivity contribution in [3.63, 3.8) is 0 Å². The summed E-state index contributed by atoms with van der Waals surface area (Å²) in [6.45, 7) is 0.423. The molecule has 0 radical (unpaired) electrons. The maximum Gasteiger partial charge on any atom is 0.437 e. The van der Waals surface area contributed by atoms with Crippen molar-refractivity contribution in [1.82, 2.24) is 19.7 Å². The number of carbonyl (C=O) groups excluding carboxylic acids is 1. The van der Waals surface area contributed by atoms with Crippen molar-refractivity contribution in [3.8, 4) is 11.5 Å². The van der Waals surface area contributed by atoms with Gasteiger partial charge in [0.2, 0.25) is 5.89 Å². The first-order valence-corrected chi connectivity index (χ1v) is 11.6. The van der Waals surface area contributed by atoms with E-state index in [1.54, 1.807) is 35.4 Å². The number of hydrogen-bond donors (Lipinski definition) is 0. The third-order valence-corrected chi connectivity index (χ3v) is 6.33. The van der Waals surface area contributed by atoms with Gasteiger partial charge < -0.3 is 14.2 Å². The smallest absolute Gasteiger partial charge is 0.388 e. The number of halogens is 2. The van der Waals surface area contributed by atoms with Crippen molar-refractivity contribution >= 4 is 29.2 Å². The number of fused-ring (bicyclic) bond motifs is 3. The number of aromatic nitrogens is 4. The molecule has 2 aromatic heterocycles. The molecule has 1 aromatic carbocycles. The summed E-state index contributed by atoms with van der Waals surface area (Å²) in [5.74, 6) is -0.620. The van der Waals surface area contributed by atoms with Crippen LogP contribution in [0.5, 0.6) is 0 Å². The highest BCUT2D eigenvalue weighted by Crippen LogP contribution is 2.35. The highest BCUT2D eigenvalue weighted by molar-refractivity contribution is 7.98. The number of amides is 1. The minimum absolute atomic E-state index is 0.0828. The molecule has 33 heavy (non-hydrogen) atoms. The molecular formula is C21H20F2N6O3S. The molecule has 172 valence electrons. The van der Waals surface area contributed by atoms with Crippen LogP contribution in [-0.2, 0) is 6.54 Å². The van der Waals surface area contributed by atoms with Gasteiger partial charge in [-0.15, -0.1) is 5.10 Å². The SMILES string of the molecule is CSc1ncc2c(n1)N1CCCC1CN(c1cccc(-c3nn(CC(F)F)c(=O)o3)c1)C2=O. The lowest BCUT2D eigenvalue weighted by Gasteiger charge is -2.27. The third-order valence-electron chi connectivity index (χ3n) is 5.77. The molecule has 0 N–H and O–H groups in total. The fraction of sp³-hybridized carbons (Fsp3) is 0.381. The Morgan fingerprint density at radius 1 is 1.30 bits per heavy atom. The number of alkyl halides is 2. The van der Waals surface area contributed by atoms with E-state index in [1.165, 1.54) is 11.8 Å². The van der Waals surface area contributed by atoms with Crippen molar-refractivity contribution in [3.05, 3.63) is 46.6 Å². The predicted octanol–water partition coefficient (Wildman–Crippen LogP) is 2.91. The fourth-order valence-electron chi connectivity index (χ4n) is 4.27. The van der Waals surface area contributed by atoms with Gasteiger partial charge in [0.1, 0.15) is 17.9 Å². The third kappa shape index (κ3) is 3.99. The van der Waals surface area contributed by atoms with Gasteiger partial charge in [-0.3, -0.25) is 4.79 Å². The van der Waals surface area contributed by atoms with E-state index >= 15 is 0 Å². The van der Waals surface area contributed by atoms with Crippen molar-refractivity contribution in [2.24, 2.45) is 0 Å². The van der Waals surface area contributed by atoms with Gasteiger partial charge in [-0.1, -0.05) is 17.8 Å². The molecule has 9 nitrogen and oxygen atoms in total. The first-order chi connectivity index (χ1) is 15.9. The van der Waals surface area contributed by atoms with E-state index < -0.39 is 18.7 Å². The Kier molecular flexibility index (Phi) is 5.60. The molecule has 5 rings (SSSR count). The van der Waals surface area contributed by atoms with Crippen LogP contribution in [0.2, 0.25) is 0 Å². The largest absolute Gasteiger partial charge is 0.437 e. The Morgan fingerprint density at radius 2 is 2.15 bits per heavy atom. The summed E-state index contributed by atoms with van der Waals surface area (Å²) in [5.41, 5.74) is 1.42. The van der Waals surface area contributed by atoms with Gasteiger partial charge in [0.05, 0.1) is 0 Å². The summed E-state index contributed by atoms with van der Waals surface area (Å²) in [4.78, 5) is 38.1. The van der Waals surface area contributed by atoms with Gasteiger partial charge in [0.25, 0.3) is 12.3 Å². The Balaban J connectivity index is 1.53. The number of benzene rings is 1. The topological polar surface area (TPSA) is 97.4 Å². The number of rotatable bonds is 5. The number of nitrogens with zero attached hydrogens (tertiary/aromatic N) is 6. The Bertz CT molecular complexity index is 1260. The molecule has 3 aromatic rings. The van der Waals surface area contributed by atoms with E-state index in [0.29, 0.717) is 39.0 Å². The van der Waals surface area contributed by atoms with Crippen molar-refractivity contribution in [2.75, 3.05) is 29.1 Å². The molecule has 12 heteroatoms. The quantitative estimate of drug-likeness (QED) is 0.411. The maximum atomic E-state index is 13.5. The van der Waals surface area contributed by atoms with E-state index in [0.717, 1.165) is 19.4 Å². The standard InChI is InChI=1S/C21H20F2N6O3S/c1-33-20-24-9-15-17(25-20)27-7-3-6-14(27)10-28(19(15)30)13-5-2-4-12(8-13)18-26-29(11-16(22)23)21(31)32-18/h2,4-5,8-9,14,16H,3,6-7,10-11H2,1H3. The Labute approximate surface area is 191 Å². The van der Waals surface area contributed by atoms with E-state index in [9.17, 15) is 18.4 Å². The second-order valence-corrected chi connectivity index (χ2v) is 8.57. The highest BCUT2D eigenvalue weighted by atomic mass is 32.2. The van der Waals surface area contributed by atoms with Crippen LogP contribution in [0, 0.1) is 0 Å². The zero-order valence-electron chi connectivity index (χ0n) is 17.6. The minimum atomic E-state index is -2.73. The maximum absolute atomic E-state index is 13.5. The summed E-state index contributed by atoms with van der Waals surface area (Å²) in [6.07, 6.45) is 2.65. The van der Waals surface area contributed by atoms with Gasteiger partial charge in [-0.05, 0) is 37.3 Å². The van der Waals surface area contributed by atoms with Gasteiger partial charge in [0.15, 0.2) is 5.16 Å². The van der Waals surface area contributed by atoms with Gasteiger partial charge in [0, 0.05) is 36.6 Å². The molecule has 1 atom stereocenters. The highest BCUT2D eigenvalue weighted by Gasteiger charge is 2.37. The molecule has 1 fully saturated rings. The first-order valence-electron chi connectivity index (χ1n) is 10.4. The lowest BCUT2D eigenvalue weighted by atomic mass is 10.1. The van der Waals surface area contributed by atoms with Crippen LogP contribution >= 0.6 is 11.8 Å². The summed E-state index contributed by atoms with van der Waals surface area (Å²) >= 11 is 1.42. The number of carbonyl (C=O) groups is 1. The van der Waals surface area contributed by atoms with E-state index in [2.05, 4.69) is 20.0 Å². The van der Waals surface area contributed by atoms with Crippen LogP contribution < -0.4 is 15.6 Å². The molecular weight excluding hydrogens is 454 g/mol. The molecule has 0 spiro atoms. The fourth-order valence-corrected chi connectivity index (χ4v) is 4.60. The molecule has 0 saturated carbocycles. The predicted molar refractivity (Wildman–Crippen MR) is 118 cm³/mol. The number of hydrogen-bond acceptors (Lipinski definition) is 8. The average molecular weight is 474 g/mol. The average Bonchev–Trinajstić information content (AvgIpc) is 3.40. The zero-order valence-corrected chi connectivity index (χ0v) is 18.5. The van der Waals surface area contributed by atoms with Gasteiger partial charge >= 0.3 is 5.76 Å². The van der Waals surface area contributed by atoms with Gasteiger partial charge in [-0.25, -0.2) is 23.5 Å². The van der Waals surface area contributed by atoms with Crippen molar-refractivity contribution < 1.29 is 18.0 Å². The van der Waals surface area contributed by atoms with Crippen LogP contribution in [0.3, 0.4) is 0 Å². The lowest BCUT2D eigenvalue weighted by Crippen LogP contribution is -2.39. The first kappa shape index (κ1) is 21.6. The minimum Gasteiger partial charge on any atom is -0.388 e. The van der Waals surface area contributed by atoms with E-state index in [4.69, 9.17) is 4.42 Å². The molecule has 1 unspecified atom stereocenters. The van der Waals surface area contributed by atoms with Crippen molar-refractivity contribution in [1.29, 1.82) is 0 Å². The van der Waals surface area contributed by atoms with Crippen LogP contribution in [0.25, 0.3) is 11.5 Å². The summed E-state index contributed by atoms with van der Waals surface area (Å²) in [6, 6.07) is 6.89. The Morgan fingerprint density at radius 3 is 2.94 bits per heavy atom. The van der Waals surface area contributed by atoms with E-state index in [1.807, 2.05) is 6.26 Å². The van der Waals surface area contributed by atoms with E-state index in [-0.39, 0.29) is 17.8 Å². The molecule has 0 aliphatic carbocycles. The van der Waals surface area contributed by atoms with Crippen LogP contribution in [0.4, 0.5) is 20.3 Å². The number of anilines is 2. The second kappa shape index (κ2) is 8.58. The lowest BCUT2D eigenvalue weighted by molar-refractivity contribution is 0.0987. The zero-order chi connectivity index (χ0) is 23.1. The molecule has 1 amide bonds. The van der Waals surface area contributed by atoms with Crippen LogP contribution in [-0.4, -0.2) is 57.5 Å². The monoisotopic (exact) mass is 474 g/mol. The Hall–Kier alpha value is -3.28. The molecule has 1 saturated heterocycles. The molecule has 0 bridgehead atoms. The summed E-state index contributed by atoms with van der Waals surface area (Å²) in [5, 5.41) is 4.48. The molecule has 4 heterocycles. The van der Waals surface area contributed by atoms with Crippen molar-refractivity contribution in [2.45, 2.75) is 37.0 Å². The molecule has 2 aliphatic heterocycles.